The van der Waals surface area contributed by atoms with Gasteiger partial charge in [-0.25, -0.2) is 4.79 Å². The standard InChI is InChI=1S/C38H37N3O5/c39-32(20-16-26-9-3-1-4-10-26)37(43)40-33-22-19-31(36(42)41-34(38(44)45)21-17-27-11-5-2-6-12-27)24-35(33)46-25-28-15-18-29-13-7-8-14-30(29)23-28/h1-15,18-19,22-24,32,34H,16-17,20-21,25,39H2,(H,40,43)(H,41,42)(H,44,45)/t32-,34-/m0/s1. The van der Waals surface area contributed by atoms with Crippen LogP contribution in [0, 0.1) is 0 Å². The summed E-state index contributed by atoms with van der Waals surface area (Å²) >= 11 is 0. The van der Waals surface area contributed by atoms with Crippen molar-refractivity contribution in [2.75, 3.05) is 5.32 Å². The summed E-state index contributed by atoms with van der Waals surface area (Å²) in [6.45, 7) is 0.174. The number of ether oxygens (including phenoxy) is 1. The number of aliphatic carboxylic acids is 1. The molecule has 5 aromatic carbocycles. The zero-order valence-electron chi connectivity index (χ0n) is 25.4. The second-order valence-corrected chi connectivity index (χ2v) is 11.2. The van der Waals surface area contributed by atoms with Crippen LogP contribution in [0.4, 0.5) is 5.69 Å². The number of carboxylic acid groups (broad SMARTS) is 1. The van der Waals surface area contributed by atoms with Crippen molar-refractivity contribution in [3.05, 3.63) is 144 Å². The maximum atomic E-state index is 13.3. The molecule has 5 N–H and O–H groups in total. The number of carbonyl (C=O) groups is 3. The van der Waals surface area contributed by atoms with E-state index in [-0.39, 0.29) is 30.2 Å². The van der Waals surface area contributed by atoms with Crippen molar-refractivity contribution in [3.63, 3.8) is 0 Å². The average molecular weight is 616 g/mol. The quantitative estimate of drug-likeness (QED) is 0.119. The van der Waals surface area contributed by atoms with E-state index in [9.17, 15) is 19.5 Å². The fraction of sp³-hybridized carbons (Fsp3) is 0.184. The highest BCUT2D eigenvalue weighted by atomic mass is 16.5. The van der Waals surface area contributed by atoms with Crippen LogP contribution in [0.1, 0.15) is 39.9 Å². The molecule has 0 spiro atoms. The smallest absolute Gasteiger partial charge is 0.326 e. The molecule has 5 rings (SSSR count). The van der Waals surface area contributed by atoms with Crippen molar-refractivity contribution in [2.24, 2.45) is 5.73 Å². The van der Waals surface area contributed by atoms with Crippen LogP contribution < -0.4 is 21.1 Å². The van der Waals surface area contributed by atoms with Crippen LogP contribution in [0.25, 0.3) is 10.8 Å². The van der Waals surface area contributed by atoms with Gasteiger partial charge in [-0.15, -0.1) is 0 Å². The number of hydrogen-bond acceptors (Lipinski definition) is 5. The Morgan fingerprint density at radius 2 is 1.33 bits per heavy atom. The van der Waals surface area contributed by atoms with Gasteiger partial charge in [-0.3, -0.25) is 9.59 Å². The Labute approximate surface area is 268 Å². The molecule has 0 fully saturated rings. The maximum absolute atomic E-state index is 13.3. The predicted octanol–water partition coefficient (Wildman–Crippen LogP) is 6.13. The molecule has 8 heteroatoms. The minimum absolute atomic E-state index is 0.174. The van der Waals surface area contributed by atoms with Crippen LogP contribution in [0.15, 0.2) is 121 Å². The number of carbonyl (C=O) groups excluding carboxylic acids is 2. The number of nitrogens with two attached hydrogens (primary N) is 1. The molecule has 0 radical (unpaired) electrons. The third kappa shape index (κ3) is 8.80. The Balaban J connectivity index is 1.32. The number of rotatable bonds is 14. The van der Waals surface area contributed by atoms with E-state index >= 15 is 0 Å². The molecule has 5 aromatic rings. The fourth-order valence-corrected chi connectivity index (χ4v) is 5.15. The Morgan fingerprint density at radius 1 is 0.696 bits per heavy atom. The monoisotopic (exact) mass is 615 g/mol. The van der Waals surface area contributed by atoms with E-state index in [4.69, 9.17) is 10.5 Å². The molecule has 46 heavy (non-hydrogen) atoms. The van der Waals surface area contributed by atoms with Crippen LogP contribution in [0.5, 0.6) is 5.75 Å². The molecule has 0 aliphatic carbocycles. The van der Waals surface area contributed by atoms with Gasteiger partial charge in [0.15, 0.2) is 0 Å². The van der Waals surface area contributed by atoms with Gasteiger partial charge >= 0.3 is 5.97 Å². The lowest BCUT2D eigenvalue weighted by atomic mass is 10.0. The third-order valence-corrected chi connectivity index (χ3v) is 7.80. The van der Waals surface area contributed by atoms with Gasteiger partial charge < -0.3 is 26.2 Å². The lowest BCUT2D eigenvalue weighted by Crippen LogP contribution is -2.41. The summed E-state index contributed by atoms with van der Waals surface area (Å²) in [7, 11) is 0. The van der Waals surface area contributed by atoms with E-state index in [2.05, 4.69) is 10.6 Å². The van der Waals surface area contributed by atoms with Gasteiger partial charge in [-0.05, 0) is 77.4 Å². The van der Waals surface area contributed by atoms with Gasteiger partial charge in [-0.2, -0.15) is 0 Å². The fourth-order valence-electron chi connectivity index (χ4n) is 5.15. The molecule has 0 aromatic heterocycles. The third-order valence-electron chi connectivity index (χ3n) is 7.80. The molecule has 2 atom stereocenters. The first-order valence-corrected chi connectivity index (χ1v) is 15.3. The maximum Gasteiger partial charge on any atom is 0.326 e. The molecule has 234 valence electrons. The van der Waals surface area contributed by atoms with Crippen molar-refractivity contribution in [1.82, 2.24) is 5.32 Å². The van der Waals surface area contributed by atoms with Gasteiger partial charge in [-0.1, -0.05) is 97.1 Å². The first-order chi connectivity index (χ1) is 22.4. The van der Waals surface area contributed by atoms with Crippen molar-refractivity contribution in [2.45, 2.75) is 44.4 Å². The summed E-state index contributed by atoms with van der Waals surface area (Å²) in [4.78, 5) is 38.4. The first kappa shape index (κ1) is 31.9. The summed E-state index contributed by atoms with van der Waals surface area (Å²) in [5.41, 5.74) is 9.77. The molecule has 2 amide bonds. The Morgan fingerprint density at radius 3 is 2.00 bits per heavy atom. The molecule has 0 aliphatic heterocycles. The summed E-state index contributed by atoms with van der Waals surface area (Å²) in [6.07, 6.45) is 1.82. The molecule has 0 aliphatic rings. The van der Waals surface area contributed by atoms with Crippen molar-refractivity contribution < 1.29 is 24.2 Å². The van der Waals surface area contributed by atoms with E-state index in [1.807, 2.05) is 103 Å². The van der Waals surface area contributed by atoms with Gasteiger partial charge in [0.1, 0.15) is 18.4 Å². The topological polar surface area (TPSA) is 131 Å². The minimum atomic E-state index is -1.12. The number of benzene rings is 5. The summed E-state index contributed by atoms with van der Waals surface area (Å²) < 4.78 is 6.18. The normalized spacial score (nSPS) is 12.2. The summed E-state index contributed by atoms with van der Waals surface area (Å²) in [5.74, 6) is -1.80. The second kappa shape index (κ2) is 15.5. The van der Waals surface area contributed by atoms with E-state index in [1.54, 1.807) is 6.07 Å². The number of nitrogens with one attached hydrogen (secondary N) is 2. The number of carboxylic acids is 1. The van der Waals surface area contributed by atoms with Crippen LogP contribution in [-0.2, 0) is 29.0 Å². The second-order valence-electron chi connectivity index (χ2n) is 11.2. The number of aryl methyl sites for hydroxylation is 2. The zero-order valence-corrected chi connectivity index (χ0v) is 25.4. The summed E-state index contributed by atoms with van der Waals surface area (Å²) in [6, 6.07) is 36.0. The Kier molecular flexibility index (Phi) is 10.8. The highest BCUT2D eigenvalue weighted by Gasteiger charge is 2.22. The van der Waals surface area contributed by atoms with Gasteiger partial charge in [0.05, 0.1) is 11.7 Å². The highest BCUT2D eigenvalue weighted by molar-refractivity contribution is 5.99. The van der Waals surface area contributed by atoms with Gasteiger partial charge in [0, 0.05) is 5.56 Å². The van der Waals surface area contributed by atoms with Gasteiger partial charge in [0.2, 0.25) is 5.91 Å². The molecular weight excluding hydrogens is 578 g/mol. The number of hydrogen-bond donors (Lipinski definition) is 4. The first-order valence-electron chi connectivity index (χ1n) is 15.3. The van der Waals surface area contributed by atoms with E-state index in [1.165, 1.54) is 12.1 Å². The molecule has 0 bridgehead atoms. The summed E-state index contributed by atoms with van der Waals surface area (Å²) in [5, 5.41) is 17.5. The van der Waals surface area contributed by atoms with Crippen LogP contribution in [0.3, 0.4) is 0 Å². The van der Waals surface area contributed by atoms with Crippen molar-refractivity contribution in [3.8, 4) is 5.75 Å². The molecule has 8 nitrogen and oxygen atoms in total. The Bertz CT molecular complexity index is 1790. The molecule has 0 saturated carbocycles. The van der Waals surface area contributed by atoms with Crippen LogP contribution in [-0.4, -0.2) is 35.0 Å². The molecular formula is C38H37N3O5. The van der Waals surface area contributed by atoms with Gasteiger partial charge in [0.25, 0.3) is 5.91 Å². The lowest BCUT2D eigenvalue weighted by Gasteiger charge is -2.18. The molecule has 0 unspecified atom stereocenters. The molecule has 0 heterocycles. The lowest BCUT2D eigenvalue weighted by molar-refractivity contribution is -0.139. The Hall–Kier alpha value is -5.47. The average Bonchev–Trinajstić information content (AvgIpc) is 3.09. The number of amides is 2. The zero-order chi connectivity index (χ0) is 32.3. The van der Waals surface area contributed by atoms with E-state index in [0.717, 1.165) is 27.5 Å². The number of fused-ring (bicyclic) bond motifs is 1. The van der Waals surface area contributed by atoms with Crippen molar-refractivity contribution >= 4 is 34.2 Å². The van der Waals surface area contributed by atoms with Crippen LogP contribution in [0.2, 0.25) is 0 Å². The largest absolute Gasteiger partial charge is 0.487 e. The van der Waals surface area contributed by atoms with E-state index < -0.39 is 24.0 Å². The highest BCUT2D eigenvalue weighted by Crippen LogP contribution is 2.28. The minimum Gasteiger partial charge on any atom is -0.487 e. The molecule has 0 saturated heterocycles. The SMILES string of the molecule is N[C@@H](CCc1ccccc1)C(=O)Nc1ccc(C(=O)N[C@@H](CCc2ccccc2)C(=O)O)cc1OCc1ccc2ccccc2c1. The predicted molar refractivity (Wildman–Crippen MR) is 180 cm³/mol. The number of anilines is 1. The van der Waals surface area contributed by atoms with E-state index in [0.29, 0.717) is 24.9 Å². The van der Waals surface area contributed by atoms with Crippen molar-refractivity contribution in [1.29, 1.82) is 0 Å². The van der Waals surface area contributed by atoms with Crippen LogP contribution >= 0.6 is 0 Å².